The molecule has 128 valence electrons. The highest BCUT2D eigenvalue weighted by Gasteiger charge is 2.04. The topological polar surface area (TPSA) is 67.4 Å². The second-order valence-electron chi connectivity index (χ2n) is 5.28. The van der Waals surface area contributed by atoms with Crippen molar-refractivity contribution in [2.75, 3.05) is 18.2 Å². The summed E-state index contributed by atoms with van der Waals surface area (Å²) in [6, 6.07) is 14.3. The van der Waals surface area contributed by atoms with Crippen LogP contribution >= 0.6 is 0 Å². The van der Waals surface area contributed by atoms with Crippen LogP contribution in [0.25, 0.3) is 0 Å². The maximum Gasteiger partial charge on any atom is 0.319 e. The fourth-order valence-corrected chi connectivity index (χ4v) is 2.56. The van der Waals surface area contributed by atoms with Crippen molar-refractivity contribution in [1.29, 1.82) is 0 Å². The van der Waals surface area contributed by atoms with Crippen molar-refractivity contribution in [3.63, 3.8) is 0 Å². The largest absolute Gasteiger partial charge is 0.494 e. The van der Waals surface area contributed by atoms with Crippen molar-refractivity contribution in [2.45, 2.75) is 24.8 Å². The quantitative estimate of drug-likeness (QED) is 0.806. The van der Waals surface area contributed by atoms with Gasteiger partial charge in [0.05, 0.1) is 6.61 Å². The molecule has 2 N–H and O–H groups in total. The third kappa shape index (κ3) is 5.70. The zero-order valence-corrected chi connectivity index (χ0v) is 14.7. The molecule has 2 amide bonds. The van der Waals surface area contributed by atoms with Crippen molar-refractivity contribution >= 4 is 22.5 Å². The van der Waals surface area contributed by atoms with Gasteiger partial charge in [-0.2, -0.15) is 0 Å². The van der Waals surface area contributed by atoms with Crippen LogP contribution in [0.15, 0.2) is 53.4 Å². The lowest BCUT2D eigenvalue weighted by molar-refractivity contribution is 0.251. The maximum atomic E-state index is 12.0. The highest BCUT2D eigenvalue weighted by molar-refractivity contribution is 7.84. The first-order chi connectivity index (χ1) is 11.6. The summed E-state index contributed by atoms with van der Waals surface area (Å²) >= 11 is 0. The molecule has 24 heavy (non-hydrogen) atoms. The van der Waals surface area contributed by atoms with E-state index >= 15 is 0 Å². The second kappa shape index (κ2) is 9.08. The van der Waals surface area contributed by atoms with E-state index in [9.17, 15) is 9.00 Å². The van der Waals surface area contributed by atoms with E-state index in [-0.39, 0.29) is 6.03 Å². The number of carbonyl (C=O) groups excluding carboxylic acids is 1. The standard InChI is InChI=1S/C18H22N2O3S/c1-3-11-23-16-6-4-5-15(12-16)20-18(21)19-13-14-7-9-17(10-8-14)24(2)22/h4-10,12H,3,11,13H2,1-2H3,(H2,19,20,21)/t24-/m1/s1. The summed E-state index contributed by atoms with van der Waals surface area (Å²) in [5.41, 5.74) is 1.62. The SMILES string of the molecule is CCCOc1cccc(NC(=O)NCc2ccc([S@@](C)=O)cc2)c1. The first-order valence-electron chi connectivity index (χ1n) is 7.78. The molecule has 2 aromatic carbocycles. The molecule has 2 rings (SSSR count). The van der Waals surface area contributed by atoms with Crippen LogP contribution in [0.3, 0.4) is 0 Å². The summed E-state index contributed by atoms with van der Waals surface area (Å²) in [5.74, 6) is 0.734. The smallest absolute Gasteiger partial charge is 0.319 e. The van der Waals surface area contributed by atoms with Crippen LogP contribution in [-0.4, -0.2) is 23.1 Å². The van der Waals surface area contributed by atoms with Crippen LogP contribution < -0.4 is 15.4 Å². The molecular formula is C18H22N2O3S. The molecule has 0 fully saturated rings. The lowest BCUT2D eigenvalue weighted by Crippen LogP contribution is -2.28. The Balaban J connectivity index is 1.85. The summed E-state index contributed by atoms with van der Waals surface area (Å²) in [4.78, 5) is 12.7. The fourth-order valence-electron chi connectivity index (χ4n) is 2.04. The Morgan fingerprint density at radius 3 is 2.58 bits per heavy atom. The van der Waals surface area contributed by atoms with Crippen molar-refractivity contribution in [3.8, 4) is 5.75 Å². The lowest BCUT2D eigenvalue weighted by Gasteiger charge is -2.10. The molecule has 0 saturated carbocycles. The molecule has 0 saturated heterocycles. The van der Waals surface area contributed by atoms with E-state index in [1.807, 2.05) is 37.3 Å². The Hall–Kier alpha value is -2.34. The van der Waals surface area contributed by atoms with Gasteiger partial charge in [-0.15, -0.1) is 0 Å². The number of anilines is 1. The van der Waals surface area contributed by atoms with Gasteiger partial charge in [-0.05, 0) is 36.2 Å². The van der Waals surface area contributed by atoms with E-state index in [1.54, 1.807) is 24.5 Å². The van der Waals surface area contributed by atoms with Gasteiger partial charge in [-0.25, -0.2) is 4.79 Å². The van der Waals surface area contributed by atoms with Gasteiger partial charge in [0.1, 0.15) is 5.75 Å². The van der Waals surface area contributed by atoms with Gasteiger partial charge in [0.15, 0.2) is 0 Å². The van der Waals surface area contributed by atoms with Gasteiger partial charge in [-0.1, -0.05) is 25.1 Å². The highest BCUT2D eigenvalue weighted by atomic mass is 32.2. The molecular weight excluding hydrogens is 324 g/mol. The van der Waals surface area contributed by atoms with Crippen LogP contribution in [0.1, 0.15) is 18.9 Å². The molecule has 0 heterocycles. The molecule has 2 aromatic rings. The Morgan fingerprint density at radius 2 is 1.92 bits per heavy atom. The zero-order valence-electron chi connectivity index (χ0n) is 13.9. The highest BCUT2D eigenvalue weighted by Crippen LogP contribution is 2.17. The minimum absolute atomic E-state index is 0.286. The van der Waals surface area contributed by atoms with Gasteiger partial charge in [-0.3, -0.25) is 4.21 Å². The van der Waals surface area contributed by atoms with Crippen molar-refractivity contribution in [2.24, 2.45) is 0 Å². The predicted octanol–water partition coefficient (Wildman–Crippen LogP) is 3.53. The molecule has 0 radical (unpaired) electrons. The fraction of sp³-hybridized carbons (Fsp3) is 0.278. The van der Waals surface area contributed by atoms with Crippen LogP contribution in [0.4, 0.5) is 10.5 Å². The molecule has 6 heteroatoms. The number of amides is 2. The zero-order chi connectivity index (χ0) is 17.4. The summed E-state index contributed by atoms with van der Waals surface area (Å²) in [5, 5.41) is 5.57. The summed E-state index contributed by atoms with van der Waals surface area (Å²) in [7, 11) is -0.993. The number of hydrogen-bond donors (Lipinski definition) is 2. The minimum atomic E-state index is -0.993. The van der Waals surface area contributed by atoms with Crippen LogP contribution in [0.2, 0.25) is 0 Å². The van der Waals surface area contributed by atoms with Gasteiger partial charge < -0.3 is 15.4 Å². The van der Waals surface area contributed by atoms with E-state index in [4.69, 9.17) is 4.74 Å². The molecule has 0 unspecified atom stereocenters. The van der Waals surface area contributed by atoms with Crippen LogP contribution in [0, 0.1) is 0 Å². The van der Waals surface area contributed by atoms with Crippen molar-refractivity contribution in [1.82, 2.24) is 5.32 Å². The summed E-state index contributed by atoms with van der Waals surface area (Å²) in [6.07, 6.45) is 2.57. The average Bonchev–Trinajstić information content (AvgIpc) is 2.59. The van der Waals surface area contributed by atoms with Gasteiger partial charge in [0, 0.05) is 40.2 Å². The number of hydrogen-bond acceptors (Lipinski definition) is 3. The Morgan fingerprint density at radius 1 is 1.17 bits per heavy atom. The van der Waals surface area contributed by atoms with E-state index in [0.29, 0.717) is 18.8 Å². The first-order valence-corrected chi connectivity index (χ1v) is 9.34. The Labute approximate surface area is 144 Å². The third-order valence-corrected chi connectivity index (χ3v) is 4.21. The van der Waals surface area contributed by atoms with E-state index in [1.165, 1.54) is 0 Å². The average molecular weight is 346 g/mol. The Kier molecular flexibility index (Phi) is 6.81. The molecule has 0 spiro atoms. The number of rotatable bonds is 7. The first kappa shape index (κ1) is 18.0. The third-order valence-electron chi connectivity index (χ3n) is 3.27. The van der Waals surface area contributed by atoms with E-state index in [0.717, 1.165) is 22.6 Å². The number of urea groups is 1. The molecule has 0 aliphatic rings. The predicted molar refractivity (Wildman–Crippen MR) is 96.9 cm³/mol. The van der Waals surface area contributed by atoms with Crippen molar-refractivity contribution < 1.29 is 13.7 Å². The molecule has 0 bridgehead atoms. The molecule has 0 aliphatic heterocycles. The normalized spacial score (nSPS) is 11.6. The number of benzene rings is 2. The van der Waals surface area contributed by atoms with Gasteiger partial charge in [0.25, 0.3) is 0 Å². The summed E-state index contributed by atoms with van der Waals surface area (Å²) < 4.78 is 16.9. The molecule has 1 atom stereocenters. The maximum absolute atomic E-state index is 12.0. The molecule has 5 nitrogen and oxygen atoms in total. The van der Waals surface area contributed by atoms with Gasteiger partial charge >= 0.3 is 6.03 Å². The minimum Gasteiger partial charge on any atom is -0.494 e. The monoisotopic (exact) mass is 346 g/mol. The lowest BCUT2D eigenvalue weighted by atomic mass is 10.2. The molecule has 0 aromatic heterocycles. The molecule has 0 aliphatic carbocycles. The summed E-state index contributed by atoms with van der Waals surface area (Å²) in [6.45, 7) is 3.09. The van der Waals surface area contributed by atoms with Crippen LogP contribution in [0.5, 0.6) is 5.75 Å². The van der Waals surface area contributed by atoms with Crippen LogP contribution in [-0.2, 0) is 17.3 Å². The number of carbonyl (C=O) groups is 1. The Bertz CT molecular complexity index is 702. The number of ether oxygens (including phenoxy) is 1. The number of nitrogens with one attached hydrogen (secondary N) is 2. The van der Waals surface area contributed by atoms with Gasteiger partial charge in [0.2, 0.25) is 0 Å². The second-order valence-corrected chi connectivity index (χ2v) is 6.66. The van der Waals surface area contributed by atoms with E-state index in [2.05, 4.69) is 10.6 Å². The van der Waals surface area contributed by atoms with Crippen molar-refractivity contribution in [3.05, 3.63) is 54.1 Å². The van der Waals surface area contributed by atoms with E-state index < -0.39 is 10.8 Å².